The average Bonchev–Trinajstić information content (AvgIpc) is 2.31. The van der Waals surface area contributed by atoms with Crippen LogP contribution >= 0.6 is 10.0 Å². The third kappa shape index (κ3) is 2.07. The highest BCUT2D eigenvalue weighted by Gasteiger charge is 2.16. The van der Waals surface area contributed by atoms with Crippen molar-refractivity contribution in [3.05, 3.63) is 54.6 Å². The van der Waals surface area contributed by atoms with Gasteiger partial charge in [0.1, 0.15) is 5.75 Å². The van der Waals surface area contributed by atoms with Crippen LogP contribution in [0.5, 0.6) is 5.75 Å². The lowest BCUT2D eigenvalue weighted by Crippen LogP contribution is -1.96. The maximum absolute atomic E-state index is 9.30. The first kappa shape index (κ1) is 11.1. The number of hydrogen-bond donors (Lipinski definition) is 1. The number of phenolic OH excluding ortho intramolecular Hbond substituents is 1. The van der Waals surface area contributed by atoms with E-state index in [1.54, 1.807) is 12.1 Å². The monoisotopic (exact) mass is 232 g/mol. The van der Waals surface area contributed by atoms with Crippen LogP contribution in [0, 0.1) is 0 Å². The Labute approximate surface area is 98.1 Å². The minimum atomic E-state index is -0.967. The Balaban J connectivity index is 2.43. The van der Waals surface area contributed by atoms with Crippen LogP contribution in [-0.4, -0.2) is 17.6 Å². The largest absolute Gasteiger partial charge is 0.508 e. The van der Waals surface area contributed by atoms with E-state index in [2.05, 4.69) is 36.8 Å². The fourth-order valence-corrected chi connectivity index (χ4v) is 3.61. The summed E-state index contributed by atoms with van der Waals surface area (Å²) < 4.78 is 0. The third-order valence-electron chi connectivity index (χ3n) is 2.76. The van der Waals surface area contributed by atoms with Gasteiger partial charge in [0.15, 0.2) is 0 Å². The van der Waals surface area contributed by atoms with Crippen LogP contribution < -0.4 is 0 Å². The Bertz CT molecular complexity index is 460. The van der Waals surface area contributed by atoms with Crippen LogP contribution in [0.25, 0.3) is 0 Å². The molecule has 2 aromatic rings. The Morgan fingerprint density at radius 2 is 1.25 bits per heavy atom. The summed E-state index contributed by atoms with van der Waals surface area (Å²) in [7, 11) is -0.967. The summed E-state index contributed by atoms with van der Waals surface area (Å²) in [6.07, 6.45) is 4.55. The second-order valence-electron chi connectivity index (χ2n) is 4.13. The predicted octanol–water partition coefficient (Wildman–Crippen LogP) is 3.87. The molecule has 0 bridgehead atoms. The van der Waals surface area contributed by atoms with Crippen molar-refractivity contribution in [3.63, 3.8) is 0 Å². The first-order valence-electron chi connectivity index (χ1n) is 5.18. The van der Waals surface area contributed by atoms with E-state index < -0.39 is 10.0 Å². The smallest absolute Gasteiger partial charge is 0.115 e. The normalized spacial score (nSPS) is 12.4. The number of phenols is 1. The Morgan fingerprint density at radius 1 is 0.750 bits per heavy atom. The molecule has 1 N–H and O–H groups in total. The standard InChI is InChI=1S/C14H16OS/c1-16(2,13-6-4-3-5-7-13)14-10-8-12(15)9-11-14/h3-11,15H,1-2H3. The van der Waals surface area contributed by atoms with Gasteiger partial charge >= 0.3 is 0 Å². The van der Waals surface area contributed by atoms with Crippen molar-refractivity contribution in [2.24, 2.45) is 0 Å². The second-order valence-corrected chi connectivity index (χ2v) is 7.73. The molecule has 0 fully saturated rings. The fourth-order valence-electron chi connectivity index (χ4n) is 1.68. The highest BCUT2D eigenvalue weighted by molar-refractivity contribution is 8.32. The van der Waals surface area contributed by atoms with Gasteiger partial charge in [-0.15, -0.1) is 0 Å². The first-order valence-corrected chi connectivity index (χ1v) is 7.63. The van der Waals surface area contributed by atoms with Gasteiger partial charge < -0.3 is 5.11 Å². The molecule has 0 aromatic heterocycles. The fraction of sp³-hybridized carbons (Fsp3) is 0.143. The van der Waals surface area contributed by atoms with E-state index in [1.807, 2.05) is 18.2 Å². The SMILES string of the molecule is CS(C)(c1ccccc1)c1ccc(O)cc1. The Morgan fingerprint density at radius 3 is 1.81 bits per heavy atom. The van der Waals surface area contributed by atoms with Crippen LogP contribution in [0.3, 0.4) is 0 Å². The van der Waals surface area contributed by atoms with Crippen LogP contribution in [0.15, 0.2) is 64.4 Å². The number of hydrogen-bond acceptors (Lipinski definition) is 1. The van der Waals surface area contributed by atoms with Gasteiger partial charge in [0.25, 0.3) is 0 Å². The first-order chi connectivity index (χ1) is 7.60. The van der Waals surface area contributed by atoms with Gasteiger partial charge in [0.2, 0.25) is 0 Å². The summed E-state index contributed by atoms with van der Waals surface area (Å²) in [5.41, 5.74) is 0. The third-order valence-corrected chi connectivity index (χ3v) is 5.66. The molecular weight excluding hydrogens is 216 g/mol. The predicted molar refractivity (Wildman–Crippen MR) is 70.5 cm³/mol. The van der Waals surface area contributed by atoms with Gasteiger partial charge in [-0.25, -0.2) is 0 Å². The lowest BCUT2D eigenvalue weighted by atomic mass is 10.3. The van der Waals surface area contributed by atoms with E-state index >= 15 is 0 Å². The van der Waals surface area contributed by atoms with E-state index in [0.717, 1.165) is 0 Å². The van der Waals surface area contributed by atoms with Crippen LogP contribution in [0.4, 0.5) is 0 Å². The molecular formula is C14H16OS. The summed E-state index contributed by atoms with van der Waals surface area (Å²) in [6.45, 7) is 0. The average molecular weight is 232 g/mol. The van der Waals surface area contributed by atoms with Crippen LogP contribution in [0.1, 0.15) is 0 Å². The maximum atomic E-state index is 9.30. The van der Waals surface area contributed by atoms with Gasteiger partial charge in [-0.1, -0.05) is 18.2 Å². The van der Waals surface area contributed by atoms with Crippen molar-refractivity contribution in [2.75, 3.05) is 12.5 Å². The topological polar surface area (TPSA) is 20.2 Å². The van der Waals surface area contributed by atoms with Gasteiger partial charge in [-0.05, 0) is 58.7 Å². The Hall–Kier alpha value is -1.41. The minimum absolute atomic E-state index is 0.326. The molecule has 0 radical (unpaired) electrons. The van der Waals surface area contributed by atoms with Gasteiger partial charge in [0, 0.05) is 0 Å². The van der Waals surface area contributed by atoms with Gasteiger partial charge in [0.05, 0.1) is 0 Å². The molecule has 0 unspecified atom stereocenters. The van der Waals surface area contributed by atoms with Crippen LogP contribution in [0.2, 0.25) is 0 Å². The molecule has 0 spiro atoms. The minimum Gasteiger partial charge on any atom is -0.508 e. The molecule has 0 saturated heterocycles. The molecule has 0 atom stereocenters. The van der Waals surface area contributed by atoms with Crippen molar-refractivity contribution in [2.45, 2.75) is 9.79 Å². The highest BCUT2D eigenvalue weighted by Crippen LogP contribution is 2.56. The van der Waals surface area contributed by atoms with Crippen LogP contribution in [-0.2, 0) is 0 Å². The maximum Gasteiger partial charge on any atom is 0.115 e. The molecule has 2 heteroatoms. The number of aromatic hydroxyl groups is 1. The quantitative estimate of drug-likeness (QED) is 0.833. The van der Waals surface area contributed by atoms with Gasteiger partial charge in [-0.2, -0.15) is 10.0 Å². The lowest BCUT2D eigenvalue weighted by Gasteiger charge is -2.32. The summed E-state index contributed by atoms with van der Waals surface area (Å²) in [6, 6.07) is 18.1. The number of rotatable bonds is 2. The number of benzene rings is 2. The zero-order valence-corrected chi connectivity index (χ0v) is 10.4. The lowest BCUT2D eigenvalue weighted by molar-refractivity contribution is 0.475. The van der Waals surface area contributed by atoms with Crippen molar-refractivity contribution >= 4 is 10.0 Å². The molecule has 2 rings (SSSR count). The van der Waals surface area contributed by atoms with E-state index in [4.69, 9.17) is 0 Å². The van der Waals surface area contributed by atoms with Crippen molar-refractivity contribution < 1.29 is 5.11 Å². The zero-order chi connectivity index (χ0) is 11.6. The zero-order valence-electron chi connectivity index (χ0n) is 9.55. The summed E-state index contributed by atoms with van der Waals surface area (Å²) in [4.78, 5) is 2.65. The molecule has 0 saturated carbocycles. The van der Waals surface area contributed by atoms with Crippen molar-refractivity contribution in [3.8, 4) is 5.75 Å². The summed E-state index contributed by atoms with van der Waals surface area (Å²) in [5.74, 6) is 0.326. The molecule has 2 aromatic carbocycles. The summed E-state index contributed by atoms with van der Waals surface area (Å²) >= 11 is 0. The summed E-state index contributed by atoms with van der Waals surface area (Å²) in [5, 5.41) is 9.30. The Kier molecular flexibility index (Phi) is 2.92. The molecule has 0 aliphatic carbocycles. The van der Waals surface area contributed by atoms with E-state index in [0.29, 0.717) is 5.75 Å². The molecule has 84 valence electrons. The second kappa shape index (κ2) is 4.22. The van der Waals surface area contributed by atoms with E-state index in [9.17, 15) is 5.11 Å². The molecule has 16 heavy (non-hydrogen) atoms. The van der Waals surface area contributed by atoms with E-state index in [1.165, 1.54) is 9.79 Å². The van der Waals surface area contributed by atoms with E-state index in [-0.39, 0.29) is 0 Å². The van der Waals surface area contributed by atoms with Crippen molar-refractivity contribution in [1.82, 2.24) is 0 Å². The van der Waals surface area contributed by atoms with Crippen molar-refractivity contribution in [1.29, 1.82) is 0 Å². The molecule has 0 heterocycles. The molecule has 0 aliphatic rings. The molecule has 0 amide bonds. The molecule has 1 nitrogen and oxygen atoms in total. The highest BCUT2D eigenvalue weighted by atomic mass is 32.3. The van der Waals surface area contributed by atoms with Gasteiger partial charge in [-0.3, -0.25) is 0 Å². The molecule has 0 aliphatic heterocycles.